The maximum atomic E-state index is 14.5. The second-order valence-electron chi connectivity index (χ2n) is 10.8. The number of aryl methyl sites for hydroxylation is 1. The summed E-state index contributed by atoms with van der Waals surface area (Å²) in [5.74, 6) is -0.825. The average molecular weight is 632 g/mol. The molecule has 0 radical (unpaired) electrons. The molecule has 4 aromatic rings. The third-order valence-electron chi connectivity index (χ3n) is 7.45. The van der Waals surface area contributed by atoms with Crippen LogP contribution < -0.4 is 9.62 Å². The van der Waals surface area contributed by atoms with Crippen LogP contribution in [0.25, 0.3) is 0 Å². The molecule has 0 aromatic heterocycles. The Bertz CT molecular complexity index is 1650. The lowest BCUT2D eigenvalue weighted by molar-refractivity contribution is -0.140. The van der Waals surface area contributed by atoms with Gasteiger partial charge in [-0.3, -0.25) is 13.9 Å². The van der Waals surface area contributed by atoms with Gasteiger partial charge in [0.05, 0.1) is 10.6 Å². The van der Waals surface area contributed by atoms with Gasteiger partial charge in [0.1, 0.15) is 12.6 Å². The van der Waals surface area contributed by atoms with Gasteiger partial charge in [0.25, 0.3) is 10.0 Å². The second kappa shape index (κ2) is 15.0. The standard InChI is InChI=1S/C35H38ClN3O4S/c1-4-27(3)37-35(41)33(22-28-12-7-5-8-13-28)38(24-29-20-18-26(2)19-21-29)34(40)25-39(31-15-11-14-30(36)23-31)44(42,43)32-16-9-6-10-17-32/h5-21,23,27,33H,4,22,24-25H2,1-3H3,(H,37,41)/t27-,33+/m0/s1. The lowest BCUT2D eigenvalue weighted by atomic mass is 10.0. The summed E-state index contributed by atoms with van der Waals surface area (Å²) < 4.78 is 29.1. The number of nitrogens with one attached hydrogen (secondary N) is 1. The van der Waals surface area contributed by atoms with Gasteiger partial charge in [-0.05, 0) is 61.7 Å². The van der Waals surface area contributed by atoms with Crippen molar-refractivity contribution in [3.05, 3.63) is 131 Å². The molecule has 9 heteroatoms. The third-order valence-corrected chi connectivity index (χ3v) is 9.48. The predicted molar refractivity (Wildman–Crippen MR) is 176 cm³/mol. The molecule has 0 aliphatic rings. The zero-order valence-electron chi connectivity index (χ0n) is 25.2. The third kappa shape index (κ3) is 8.49. The number of hydrogen-bond donors (Lipinski definition) is 1. The van der Waals surface area contributed by atoms with Gasteiger partial charge in [-0.2, -0.15) is 0 Å². The van der Waals surface area contributed by atoms with Crippen LogP contribution in [0.2, 0.25) is 5.02 Å². The van der Waals surface area contributed by atoms with Gasteiger partial charge in [0, 0.05) is 24.0 Å². The van der Waals surface area contributed by atoms with E-state index in [9.17, 15) is 18.0 Å². The lowest BCUT2D eigenvalue weighted by Crippen LogP contribution is -2.54. The first kappa shape index (κ1) is 32.8. The molecule has 1 N–H and O–H groups in total. The Morgan fingerprint density at radius 2 is 1.48 bits per heavy atom. The van der Waals surface area contributed by atoms with Crippen LogP contribution in [-0.2, 0) is 32.6 Å². The highest BCUT2D eigenvalue weighted by atomic mass is 35.5. The molecule has 0 fully saturated rings. The number of carbonyl (C=O) groups is 2. The van der Waals surface area contributed by atoms with E-state index < -0.39 is 28.5 Å². The largest absolute Gasteiger partial charge is 0.352 e. The van der Waals surface area contributed by atoms with Crippen molar-refractivity contribution in [3.63, 3.8) is 0 Å². The van der Waals surface area contributed by atoms with Crippen LogP contribution in [-0.4, -0.2) is 43.8 Å². The van der Waals surface area contributed by atoms with E-state index in [4.69, 9.17) is 11.6 Å². The zero-order chi connectivity index (χ0) is 31.7. The Hall–Kier alpha value is -4.14. The fourth-order valence-electron chi connectivity index (χ4n) is 4.76. The van der Waals surface area contributed by atoms with Gasteiger partial charge in [0.15, 0.2) is 0 Å². The Morgan fingerprint density at radius 1 is 0.841 bits per heavy atom. The molecule has 230 valence electrons. The molecule has 2 atom stereocenters. The fourth-order valence-corrected chi connectivity index (χ4v) is 6.38. The van der Waals surface area contributed by atoms with E-state index in [0.717, 1.165) is 21.0 Å². The van der Waals surface area contributed by atoms with Crippen LogP contribution >= 0.6 is 11.6 Å². The van der Waals surface area contributed by atoms with E-state index in [1.807, 2.05) is 75.4 Å². The SMILES string of the molecule is CC[C@H](C)NC(=O)[C@@H](Cc1ccccc1)N(Cc1ccc(C)cc1)C(=O)CN(c1cccc(Cl)c1)S(=O)(=O)c1ccccc1. The second-order valence-corrected chi connectivity index (χ2v) is 13.1. The number of halogens is 1. The minimum absolute atomic E-state index is 0.0354. The molecule has 0 spiro atoms. The molecule has 0 aliphatic carbocycles. The summed E-state index contributed by atoms with van der Waals surface area (Å²) in [5, 5.41) is 3.37. The highest BCUT2D eigenvalue weighted by Gasteiger charge is 2.35. The number of anilines is 1. The van der Waals surface area contributed by atoms with Gasteiger partial charge in [0.2, 0.25) is 11.8 Å². The molecule has 0 saturated carbocycles. The van der Waals surface area contributed by atoms with E-state index in [2.05, 4.69) is 5.32 Å². The molecule has 0 bridgehead atoms. The van der Waals surface area contributed by atoms with Crippen molar-refractivity contribution in [2.24, 2.45) is 0 Å². The van der Waals surface area contributed by atoms with Crippen LogP contribution in [0.3, 0.4) is 0 Å². The molecule has 4 rings (SSSR count). The van der Waals surface area contributed by atoms with Crippen molar-refractivity contribution in [2.75, 3.05) is 10.8 Å². The van der Waals surface area contributed by atoms with E-state index in [1.165, 1.54) is 23.1 Å². The van der Waals surface area contributed by atoms with Crippen molar-refractivity contribution >= 4 is 39.1 Å². The minimum atomic E-state index is -4.18. The Balaban J connectivity index is 1.80. The monoisotopic (exact) mass is 631 g/mol. The van der Waals surface area contributed by atoms with Gasteiger partial charge in [-0.1, -0.05) is 103 Å². The first-order valence-electron chi connectivity index (χ1n) is 14.6. The molecule has 0 unspecified atom stereocenters. The van der Waals surface area contributed by atoms with Crippen molar-refractivity contribution in [2.45, 2.75) is 57.1 Å². The fraction of sp³-hybridized carbons (Fsp3) is 0.257. The molecule has 0 aliphatic heterocycles. The van der Waals surface area contributed by atoms with Crippen LogP contribution in [0.5, 0.6) is 0 Å². The molecule has 7 nitrogen and oxygen atoms in total. The van der Waals surface area contributed by atoms with Crippen LogP contribution in [0.1, 0.15) is 37.0 Å². The summed E-state index contributed by atoms with van der Waals surface area (Å²) in [7, 11) is -4.18. The highest BCUT2D eigenvalue weighted by molar-refractivity contribution is 7.92. The first-order chi connectivity index (χ1) is 21.1. The Kier molecular flexibility index (Phi) is 11.2. The molecule has 2 amide bonds. The maximum Gasteiger partial charge on any atom is 0.264 e. The van der Waals surface area contributed by atoms with E-state index in [0.29, 0.717) is 11.4 Å². The molecule has 0 saturated heterocycles. The number of rotatable bonds is 13. The smallest absolute Gasteiger partial charge is 0.264 e. The summed E-state index contributed by atoms with van der Waals surface area (Å²) in [6, 6.07) is 30.5. The summed E-state index contributed by atoms with van der Waals surface area (Å²) >= 11 is 6.28. The minimum Gasteiger partial charge on any atom is -0.352 e. The topological polar surface area (TPSA) is 86.8 Å². The van der Waals surface area contributed by atoms with Gasteiger partial charge < -0.3 is 10.2 Å². The van der Waals surface area contributed by atoms with Crippen molar-refractivity contribution in [1.82, 2.24) is 10.2 Å². The normalized spacial score (nSPS) is 12.6. The number of amides is 2. The van der Waals surface area contributed by atoms with Crippen LogP contribution in [0.15, 0.2) is 114 Å². The molecule has 44 heavy (non-hydrogen) atoms. The van der Waals surface area contributed by atoms with Crippen molar-refractivity contribution in [3.8, 4) is 0 Å². The van der Waals surface area contributed by atoms with Gasteiger partial charge >= 0.3 is 0 Å². The van der Waals surface area contributed by atoms with Crippen molar-refractivity contribution in [1.29, 1.82) is 0 Å². The van der Waals surface area contributed by atoms with Crippen molar-refractivity contribution < 1.29 is 18.0 Å². The average Bonchev–Trinajstić information content (AvgIpc) is 3.03. The van der Waals surface area contributed by atoms with Crippen LogP contribution in [0, 0.1) is 6.92 Å². The number of carbonyl (C=O) groups excluding carboxylic acids is 2. The molecule has 4 aromatic carbocycles. The zero-order valence-corrected chi connectivity index (χ0v) is 26.8. The summed E-state index contributed by atoms with van der Waals surface area (Å²) in [6.45, 7) is 5.44. The quantitative estimate of drug-likeness (QED) is 0.185. The highest BCUT2D eigenvalue weighted by Crippen LogP contribution is 2.27. The molecule has 0 heterocycles. The summed E-state index contributed by atoms with van der Waals surface area (Å²) in [4.78, 5) is 29.9. The number of hydrogen-bond acceptors (Lipinski definition) is 4. The van der Waals surface area contributed by atoms with E-state index in [-0.39, 0.29) is 35.5 Å². The predicted octanol–water partition coefficient (Wildman–Crippen LogP) is 6.40. The number of sulfonamides is 1. The van der Waals surface area contributed by atoms with E-state index in [1.54, 1.807) is 36.4 Å². The lowest BCUT2D eigenvalue weighted by Gasteiger charge is -2.34. The summed E-state index contributed by atoms with van der Waals surface area (Å²) in [5.41, 5.74) is 3.00. The van der Waals surface area contributed by atoms with Gasteiger partial charge in [-0.15, -0.1) is 0 Å². The molecular formula is C35H38ClN3O4S. The summed E-state index contributed by atoms with van der Waals surface area (Å²) in [6.07, 6.45) is 0.969. The Labute approximate surface area is 265 Å². The first-order valence-corrected chi connectivity index (χ1v) is 16.4. The number of benzene rings is 4. The Morgan fingerprint density at radius 3 is 2.09 bits per heavy atom. The van der Waals surface area contributed by atoms with Crippen LogP contribution in [0.4, 0.5) is 5.69 Å². The maximum absolute atomic E-state index is 14.5. The number of nitrogens with zero attached hydrogens (tertiary/aromatic N) is 2. The molecular weight excluding hydrogens is 594 g/mol. The van der Waals surface area contributed by atoms with E-state index >= 15 is 0 Å². The van der Waals surface area contributed by atoms with Gasteiger partial charge in [-0.25, -0.2) is 8.42 Å².